The molecule has 1 aliphatic heterocycles. The van der Waals surface area contributed by atoms with E-state index in [1.807, 2.05) is 56.9 Å². The number of carbonyl (C=O) groups excluding carboxylic acids is 3. The van der Waals surface area contributed by atoms with E-state index in [2.05, 4.69) is 5.32 Å². The number of ether oxygens (including phenoxy) is 4. The Hall–Kier alpha value is -3.51. The lowest BCUT2D eigenvalue weighted by molar-refractivity contribution is -0.148. The molecular formula is C38H50N2O8S2. The number of amides is 2. The monoisotopic (exact) mass is 726 g/mol. The zero-order chi connectivity index (χ0) is 36.0. The number of fused-ring (bicyclic) bond motifs is 2. The second-order valence-electron chi connectivity index (χ2n) is 14.5. The molecule has 4 atom stereocenters. The number of esters is 1. The van der Waals surface area contributed by atoms with E-state index < -0.39 is 11.7 Å². The highest BCUT2D eigenvalue weighted by Gasteiger charge is 2.48. The predicted molar refractivity (Wildman–Crippen MR) is 198 cm³/mol. The number of thioether (sulfide) groups is 1. The first kappa shape index (κ1) is 37.7. The van der Waals surface area contributed by atoms with Crippen molar-refractivity contribution in [2.45, 2.75) is 97.1 Å². The van der Waals surface area contributed by atoms with Crippen molar-refractivity contribution in [3.8, 4) is 22.8 Å². The summed E-state index contributed by atoms with van der Waals surface area (Å²) in [5.41, 5.74) is 1.13. The standard InChI is InChI=1S/C38H50N2O8S2/c1-23(10-7-8-14-39-36(43)48-38(2,3)4)35(42)46-15-9-11-26-20-31(27-18-28(44-5)21-29(19-27)45-6)47-32(26)22-33-34(41)40(37(49)50-33)30-17-24-12-13-25(30)16-24/h18-25,30H,7-17H2,1-6H3,(H,39,43)/b33-22-/t23-,24?,25?,30?/m0/s1. The SMILES string of the molecule is COc1cc(OC)cc(-c2cc(CCCOC(=O)[C@@H](C)CCCCNC(=O)OC(C)(C)C)c(/C=C3\SC(=S)N(C4CC5CCC4C5)C3=O)o2)c1. The molecule has 3 aliphatic rings. The third kappa shape index (κ3) is 9.63. The number of methoxy groups -OCH3 is 2. The summed E-state index contributed by atoms with van der Waals surface area (Å²) < 4.78 is 28.9. The normalized spacial score (nSPS) is 21.5. The van der Waals surface area contributed by atoms with Crippen molar-refractivity contribution in [1.82, 2.24) is 10.2 Å². The van der Waals surface area contributed by atoms with E-state index in [4.69, 9.17) is 35.6 Å². The fourth-order valence-corrected chi connectivity index (χ4v) is 8.38. The molecule has 272 valence electrons. The molecule has 2 aromatic rings. The van der Waals surface area contributed by atoms with Crippen molar-refractivity contribution in [3.05, 3.63) is 40.5 Å². The molecule has 50 heavy (non-hydrogen) atoms. The molecule has 0 spiro atoms. The summed E-state index contributed by atoms with van der Waals surface area (Å²) in [5, 5.41) is 2.74. The van der Waals surface area contributed by atoms with Crippen LogP contribution in [-0.4, -0.2) is 66.2 Å². The molecule has 2 heterocycles. The molecule has 5 rings (SSSR count). The van der Waals surface area contributed by atoms with Gasteiger partial charge in [-0.15, -0.1) is 0 Å². The second kappa shape index (κ2) is 16.7. The summed E-state index contributed by atoms with van der Waals surface area (Å²) in [7, 11) is 3.20. The van der Waals surface area contributed by atoms with Crippen molar-refractivity contribution < 1.29 is 37.7 Å². The smallest absolute Gasteiger partial charge is 0.407 e. The molecule has 1 saturated heterocycles. The maximum atomic E-state index is 13.7. The first-order valence-corrected chi connectivity index (χ1v) is 18.8. The van der Waals surface area contributed by atoms with Gasteiger partial charge in [0.05, 0.1) is 31.6 Å². The molecule has 1 N–H and O–H groups in total. The quantitative estimate of drug-likeness (QED) is 0.0834. The van der Waals surface area contributed by atoms with E-state index in [-0.39, 0.29) is 30.4 Å². The van der Waals surface area contributed by atoms with Gasteiger partial charge in [-0.2, -0.15) is 0 Å². The molecule has 12 heteroatoms. The van der Waals surface area contributed by atoms with Gasteiger partial charge in [-0.05, 0) is 101 Å². The minimum atomic E-state index is -0.538. The Bertz CT molecular complexity index is 1570. The van der Waals surface area contributed by atoms with Crippen LogP contribution in [0.3, 0.4) is 0 Å². The number of benzene rings is 1. The zero-order valence-corrected chi connectivity index (χ0v) is 31.6. The number of alkyl carbamates (subject to hydrolysis) is 1. The Morgan fingerprint density at radius 2 is 1.82 bits per heavy atom. The van der Waals surface area contributed by atoms with E-state index >= 15 is 0 Å². The molecule has 1 aromatic heterocycles. The number of unbranched alkanes of at least 4 members (excludes halogenated alkanes) is 1. The Kier molecular flexibility index (Phi) is 12.6. The third-order valence-electron chi connectivity index (χ3n) is 9.57. The molecule has 3 fully saturated rings. The number of thiocarbonyl (C=S) groups is 1. The Morgan fingerprint density at radius 1 is 1.08 bits per heavy atom. The van der Waals surface area contributed by atoms with Crippen LogP contribution in [0.4, 0.5) is 4.79 Å². The van der Waals surface area contributed by atoms with Crippen molar-refractivity contribution in [3.63, 3.8) is 0 Å². The van der Waals surface area contributed by atoms with Crippen LogP contribution in [-0.2, 0) is 25.5 Å². The fraction of sp³-hybridized carbons (Fsp3) is 0.579. The number of nitrogens with zero attached hydrogens (tertiary/aromatic N) is 1. The highest BCUT2D eigenvalue weighted by atomic mass is 32.2. The maximum absolute atomic E-state index is 13.7. The maximum Gasteiger partial charge on any atom is 0.407 e. The van der Waals surface area contributed by atoms with Gasteiger partial charge in [-0.25, -0.2) is 4.79 Å². The second-order valence-corrected chi connectivity index (χ2v) is 16.2. The Balaban J connectivity index is 1.20. The first-order valence-electron chi connectivity index (χ1n) is 17.6. The average molecular weight is 727 g/mol. The van der Waals surface area contributed by atoms with Crippen LogP contribution >= 0.6 is 24.0 Å². The predicted octanol–water partition coefficient (Wildman–Crippen LogP) is 8.16. The fourth-order valence-electron chi connectivity index (χ4n) is 7.04. The molecular weight excluding hydrogens is 677 g/mol. The Morgan fingerprint density at radius 3 is 2.46 bits per heavy atom. The van der Waals surface area contributed by atoms with Crippen LogP contribution in [0.25, 0.3) is 17.4 Å². The minimum absolute atomic E-state index is 0.0481. The van der Waals surface area contributed by atoms with Crippen LogP contribution in [0.15, 0.2) is 33.6 Å². The summed E-state index contributed by atoms with van der Waals surface area (Å²) >= 11 is 7.07. The number of furan rings is 1. The molecule has 2 bridgehead atoms. The van der Waals surface area contributed by atoms with E-state index in [0.29, 0.717) is 69.9 Å². The molecule has 3 unspecified atom stereocenters. The molecule has 0 radical (unpaired) electrons. The number of hydrogen-bond acceptors (Lipinski definition) is 10. The van der Waals surface area contributed by atoms with E-state index in [1.165, 1.54) is 24.6 Å². The summed E-state index contributed by atoms with van der Waals surface area (Å²) in [6.45, 7) is 8.07. The van der Waals surface area contributed by atoms with Crippen LogP contribution in [0.1, 0.15) is 90.4 Å². The number of aryl methyl sites for hydroxylation is 1. The molecule has 10 nitrogen and oxygen atoms in total. The van der Waals surface area contributed by atoms with Gasteiger partial charge in [0.2, 0.25) is 0 Å². The van der Waals surface area contributed by atoms with E-state index in [0.717, 1.165) is 36.8 Å². The summed E-state index contributed by atoms with van der Waals surface area (Å²) in [4.78, 5) is 40.7. The first-order chi connectivity index (χ1) is 23.8. The van der Waals surface area contributed by atoms with Gasteiger partial charge in [0, 0.05) is 30.3 Å². The van der Waals surface area contributed by atoms with E-state index in [9.17, 15) is 14.4 Å². The molecule has 2 aliphatic carbocycles. The molecule has 2 saturated carbocycles. The lowest BCUT2D eigenvalue weighted by Gasteiger charge is -2.30. The van der Waals surface area contributed by atoms with Gasteiger partial charge in [0.15, 0.2) is 0 Å². The van der Waals surface area contributed by atoms with Crippen LogP contribution < -0.4 is 14.8 Å². The molecule has 1 aromatic carbocycles. The van der Waals surface area contributed by atoms with Gasteiger partial charge in [-0.1, -0.05) is 43.7 Å². The summed E-state index contributed by atoms with van der Waals surface area (Å²) in [5.74, 6) is 3.13. The number of rotatable bonds is 15. The van der Waals surface area contributed by atoms with Crippen LogP contribution in [0, 0.1) is 17.8 Å². The lowest BCUT2D eigenvalue weighted by Crippen LogP contribution is -2.41. The average Bonchev–Trinajstić information content (AvgIpc) is 3.86. The lowest BCUT2D eigenvalue weighted by atomic mass is 9.94. The van der Waals surface area contributed by atoms with Gasteiger partial charge < -0.3 is 28.7 Å². The highest BCUT2D eigenvalue weighted by Crippen LogP contribution is 2.49. The van der Waals surface area contributed by atoms with E-state index in [1.54, 1.807) is 20.3 Å². The van der Waals surface area contributed by atoms with Crippen molar-refractivity contribution in [2.75, 3.05) is 27.4 Å². The van der Waals surface area contributed by atoms with Crippen LogP contribution in [0.5, 0.6) is 11.5 Å². The number of carbonyl (C=O) groups is 3. The van der Waals surface area contributed by atoms with Crippen molar-refractivity contribution in [2.24, 2.45) is 17.8 Å². The molecule has 2 amide bonds. The zero-order valence-electron chi connectivity index (χ0n) is 30.0. The van der Waals surface area contributed by atoms with Gasteiger partial charge in [0.25, 0.3) is 5.91 Å². The van der Waals surface area contributed by atoms with Crippen molar-refractivity contribution >= 4 is 52.3 Å². The minimum Gasteiger partial charge on any atom is -0.497 e. The summed E-state index contributed by atoms with van der Waals surface area (Å²) in [6, 6.07) is 7.70. The summed E-state index contributed by atoms with van der Waals surface area (Å²) in [6.07, 6.45) is 9.33. The highest BCUT2D eigenvalue weighted by molar-refractivity contribution is 8.26. The topological polar surface area (TPSA) is 117 Å². The number of hydrogen-bond donors (Lipinski definition) is 1. The van der Waals surface area contributed by atoms with Crippen LogP contribution in [0.2, 0.25) is 0 Å². The van der Waals surface area contributed by atoms with Gasteiger partial charge in [-0.3, -0.25) is 14.5 Å². The largest absolute Gasteiger partial charge is 0.497 e. The van der Waals surface area contributed by atoms with Gasteiger partial charge in [0.1, 0.15) is 32.9 Å². The number of nitrogens with one attached hydrogen (secondary N) is 1. The third-order valence-corrected chi connectivity index (χ3v) is 10.9. The van der Waals surface area contributed by atoms with Crippen molar-refractivity contribution in [1.29, 1.82) is 0 Å². The van der Waals surface area contributed by atoms with Gasteiger partial charge >= 0.3 is 12.1 Å². The Labute approximate surface area is 305 Å².